The number of halogens is 3. The average molecular weight is 240 g/mol. The standard InChI is InChI=1S/C9H11ClFNO.ClH/c10-7-3-1-2-6(9(7)13)8(12)4-5-11;/h1-3,8,13H,4-5,12H2;1H/t8-;/m0./s1. The van der Waals surface area contributed by atoms with E-state index in [2.05, 4.69) is 0 Å². The van der Waals surface area contributed by atoms with Gasteiger partial charge in [-0.2, -0.15) is 0 Å². The van der Waals surface area contributed by atoms with Crippen LogP contribution >= 0.6 is 24.0 Å². The zero-order chi connectivity index (χ0) is 9.84. The second-order valence-corrected chi connectivity index (χ2v) is 3.17. The molecule has 0 aliphatic carbocycles. The summed E-state index contributed by atoms with van der Waals surface area (Å²) in [5.74, 6) is -0.0508. The maximum atomic E-state index is 12.0. The van der Waals surface area contributed by atoms with Gasteiger partial charge < -0.3 is 10.8 Å². The van der Waals surface area contributed by atoms with Gasteiger partial charge in [0.25, 0.3) is 0 Å². The first-order valence-corrected chi connectivity index (χ1v) is 4.33. The minimum atomic E-state index is -0.507. The van der Waals surface area contributed by atoms with Gasteiger partial charge in [-0.15, -0.1) is 12.4 Å². The second-order valence-electron chi connectivity index (χ2n) is 2.76. The topological polar surface area (TPSA) is 46.2 Å². The highest BCUT2D eigenvalue weighted by atomic mass is 35.5. The molecular weight excluding hydrogens is 228 g/mol. The smallest absolute Gasteiger partial charge is 0.138 e. The van der Waals surface area contributed by atoms with Gasteiger partial charge in [-0.3, -0.25) is 4.39 Å². The number of para-hydroxylation sites is 1. The first-order valence-electron chi connectivity index (χ1n) is 3.95. The minimum Gasteiger partial charge on any atom is -0.506 e. The van der Waals surface area contributed by atoms with Crippen LogP contribution in [-0.2, 0) is 0 Å². The molecule has 0 aliphatic heterocycles. The van der Waals surface area contributed by atoms with E-state index >= 15 is 0 Å². The van der Waals surface area contributed by atoms with E-state index < -0.39 is 12.7 Å². The van der Waals surface area contributed by atoms with E-state index in [1.807, 2.05) is 0 Å². The van der Waals surface area contributed by atoms with E-state index in [-0.39, 0.29) is 29.6 Å². The number of alkyl halides is 1. The Labute approximate surface area is 93.3 Å². The highest BCUT2D eigenvalue weighted by molar-refractivity contribution is 6.32. The zero-order valence-corrected chi connectivity index (χ0v) is 8.98. The van der Waals surface area contributed by atoms with Crippen LogP contribution in [0.15, 0.2) is 18.2 Å². The van der Waals surface area contributed by atoms with Gasteiger partial charge in [-0.1, -0.05) is 23.7 Å². The van der Waals surface area contributed by atoms with Crippen LogP contribution in [0.4, 0.5) is 4.39 Å². The third kappa shape index (κ3) is 3.01. The fraction of sp³-hybridized carbons (Fsp3) is 0.333. The Morgan fingerprint density at radius 2 is 2.14 bits per heavy atom. The molecule has 0 fully saturated rings. The van der Waals surface area contributed by atoms with Gasteiger partial charge in [-0.25, -0.2) is 0 Å². The molecule has 0 bridgehead atoms. The molecule has 0 unspecified atom stereocenters. The van der Waals surface area contributed by atoms with Gasteiger partial charge >= 0.3 is 0 Å². The molecular formula is C9H12Cl2FNO. The van der Waals surface area contributed by atoms with E-state index in [9.17, 15) is 9.50 Å². The van der Waals surface area contributed by atoms with Gasteiger partial charge in [0.15, 0.2) is 0 Å². The lowest BCUT2D eigenvalue weighted by atomic mass is 10.0. The average Bonchev–Trinajstić information content (AvgIpc) is 2.10. The highest BCUT2D eigenvalue weighted by Crippen LogP contribution is 2.31. The van der Waals surface area contributed by atoms with Gasteiger partial charge in [-0.05, 0) is 12.5 Å². The third-order valence-electron chi connectivity index (χ3n) is 1.84. The summed E-state index contributed by atoms with van der Waals surface area (Å²) in [5, 5.41) is 9.70. The molecule has 1 rings (SSSR count). The Bertz CT molecular complexity index is 296. The number of benzene rings is 1. The number of phenolic OH excluding ortho intramolecular Hbond substituents is 1. The van der Waals surface area contributed by atoms with Crippen molar-refractivity contribution >= 4 is 24.0 Å². The largest absolute Gasteiger partial charge is 0.506 e. The maximum Gasteiger partial charge on any atom is 0.138 e. The lowest BCUT2D eigenvalue weighted by Crippen LogP contribution is -2.11. The van der Waals surface area contributed by atoms with Crippen molar-refractivity contribution in [1.82, 2.24) is 0 Å². The van der Waals surface area contributed by atoms with Gasteiger partial charge in [0.2, 0.25) is 0 Å². The van der Waals surface area contributed by atoms with Crippen molar-refractivity contribution in [3.05, 3.63) is 28.8 Å². The first-order chi connectivity index (χ1) is 6.16. The summed E-state index contributed by atoms with van der Waals surface area (Å²) >= 11 is 5.66. The monoisotopic (exact) mass is 239 g/mol. The van der Waals surface area contributed by atoms with Crippen molar-refractivity contribution in [3.63, 3.8) is 0 Å². The van der Waals surface area contributed by atoms with Gasteiger partial charge in [0.1, 0.15) is 5.75 Å². The van der Waals surface area contributed by atoms with Crippen molar-refractivity contribution in [2.24, 2.45) is 5.73 Å². The molecule has 0 saturated carbocycles. The Hall–Kier alpha value is -0.510. The van der Waals surface area contributed by atoms with Crippen LogP contribution in [0, 0.1) is 0 Å². The summed E-state index contributed by atoms with van der Waals surface area (Å²) in [5.41, 5.74) is 6.11. The summed E-state index contributed by atoms with van der Waals surface area (Å²) in [6.07, 6.45) is 0.188. The van der Waals surface area contributed by atoms with Crippen LogP contribution < -0.4 is 5.73 Å². The SMILES string of the molecule is Cl.N[C@@H](CCF)c1cccc(Cl)c1O. The molecule has 14 heavy (non-hydrogen) atoms. The number of hydrogen-bond acceptors (Lipinski definition) is 2. The van der Waals surface area contributed by atoms with Gasteiger partial charge in [0.05, 0.1) is 11.7 Å². The molecule has 3 N–H and O–H groups in total. The van der Waals surface area contributed by atoms with Crippen molar-refractivity contribution in [2.45, 2.75) is 12.5 Å². The maximum absolute atomic E-state index is 12.0. The van der Waals surface area contributed by atoms with Crippen LogP contribution in [0.25, 0.3) is 0 Å². The molecule has 1 atom stereocenters. The van der Waals surface area contributed by atoms with Crippen LogP contribution in [-0.4, -0.2) is 11.8 Å². The molecule has 2 nitrogen and oxygen atoms in total. The number of phenols is 1. The molecule has 0 saturated heterocycles. The van der Waals surface area contributed by atoms with Crippen LogP contribution in [0.5, 0.6) is 5.75 Å². The molecule has 0 aromatic heterocycles. The van der Waals surface area contributed by atoms with Crippen molar-refractivity contribution in [1.29, 1.82) is 0 Å². The van der Waals surface area contributed by atoms with E-state index in [1.54, 1.807) is 18.2 Å². The van der Waals surface area contributed by atoms with Crippen molar-refractivity contribution < 1.29 is 9.50 Å². The quantitative estimate of drug-likeness (QED) is 0.853. The van der Waals surface area contributed by atoms with Crippen molar-refractivity contribution in [2.75, 3.05) is 6.67 Å². The number of aromatic hydroxyl groups is 1. The minimum absolute atomic E-state index is 0. The van der Waals surface area contributed by atoms with Gasteiger partial charge in [0, 0.05) is 11.6 Å². The Morgan fingerprint density at radius 3 is 2.71 bits per heavy atom. The zero-order valence-electron chi connectivity index (χ0n) is 7.41. The molecule has 1 aromatic carbocycles. The number of rotatable bonds is 3. The predicted octanol–water partition coefficient (Wildman–Crippen LogP) is 2.83. The molecule has 0 heterocycles. The lowest BCUT2D eigenvalue weighted by molar-refractivity contribution is 0.424. The highest BCUT2D eigenvalue weighted by Gasteiger charge is 2.12. The molecule has 5 heteroatoms. The summed E-state index contributed by atoms with van der Waals surface area (Å²) in [6, 6.07) is 4.38. The molecule has 80 valence electrons. The molecule has 1 aromatic rings. The van der Waals surface area contributed by atoms with Crippen molar-refractivity contribution in [3.8, 4) is 5.75 Å². The molecule has 0 amide bonds. The molecule has 0 spiro atoms. The lowest BCUT2D eigenvalue weighted by Gasteiger charge is -2.12. The fourth-order valence-electron chi connectivity index (χ4n) is 1.10. The molecule has 0 radical (unpaired) electrons. The van der Waals surface area contributed by atoms with E-state index in [4.69, 9.17) is 17.3 Å². The Balaban J connectivity index is 0.00000169. The summed E-state index contributed by atoms with van der Waals surface area (Å²) in [7, 11) is 0. The van der Waals surface area contributed by atoms with Crippen LogP contribution in [0.2, 0.25) is 5.02 Å². The summed E-state index contributed by atoms with van der Waals surface area (Å²) in [4.78, 5) is 0. The van der Waals surface area contributed by atoms with Crippen LogP contribution in [0.3, 0.4) is 0 Å². The third-order valence-corrected chi connectivity index (χ3v) is 2.14. The normalized spacial score (nSPS) is 11.9. The van der Waals surface area contributed by atoms with Crippen LogP contribution in [0.1, 0.15) is 18.0 Å². The summed E-state index contributed by atoms with van der Waals surface area (Å²) in [6.45, 7) is -0.507. The number of hydrogen-bond donors (Lipinski definition) is 2. The van der Waals surface area contributed by atoms with E-state index in [1.165, 1.54) is 0 Å². The Kier molecular flexibility index (Phi) is 5.84. The summed E-state index contributed by atoms with van der Waals surface area (Å²) < 4.78 is 12.0. The fourth-order valence-corrected chi connectivity index (χ4v) is 1.29. The predicted molar refractivity (Wildman–Crippen MR) is 57.9 cm³/mol. The molecule has 0 aliphatic rings. The van der Waals surface area contributed by atoms with E-state index in [0.29, 0.717) is 5.56 Å². The Morgan fingerprint density at radius 1 is 1.50 bits per heavy atom. The second kappa shape index (κ2) is 6.06. The first kappa shape index (κ1) is 13.5. The van der Waals surface area contributed by atoms with E-state index in [0.717, 1.165) is 0 Å². The number of nitrogens with two attached hydrogens (primary N) is 1.